The van der Waals surface area contributed by atoms with Crippen molar-refractivity contribution in [1.82, 2.24) is 9.80 Å². The van der Waals surface area contributed by atoms with Crippen molar-refractivity contribution < 1.29 is 23.9 Å². The van der Waals surface area contributed by atoms with Crippen LogP contribution in [0, 0.1) is 12.7 Å². The van der Waals surface area contributed by atoms with Gasteiger partial charge >= 0.3 is 5.97 Å². The number of carboxylic acid groups (broad SMARTS) is 1. The van der Waals surface area contributed by atoms with Crippen LogP contribution >= 0.6 is 0 Å². The van der Waals surface area contributed by atoms with Crippen molar-refractivity contribution in [1.29, 1.82) is 0 Å². The lowest BCUT2D eigenvalue weighted by atomic mass is 9.95. The minimum Gasteiger partial charge on any atom is -0.478 e. The van der Waals surface area contributed by atoms with Crippen LogP contribution in [0.3, 0.4) is 0 Å². The number of hydrogen-bond acceptors (Lipinski definition) is 6. The van der Waals surface area contributed by atoms with E-state index in [1.807, 2.05) is 23.1 Å². The molecular formula is C32H33FN4O4. The summed E-state index contributed by atoms with van der Waals surface area (Å²) in [6.45, 7) is 6.41. The minimum atomic E-state index is -1.05. The van der Waals surface area contributed by atoms with E-state index < -0.39 is 11.8 Å². The minimum absolute atomic E-state index is 0.0874. The van der Waals surface area contributed by atoms with Gasteiger partial charge in [-0.05, 0) is 97.2 Å². The second-order valence-corrected chi connectivity index (χ2v) is 10.6. The summed E-state index contributed by atoms with van der Waals surface area (Å²) in [6, 6.07) is 16.2. The van der Waals surface area contributed by atoms with Crippen LogP contribution < -0.4 is 10.2 Å². The predicted molar refractivity (Wildman–Crippen MR) is 157 cm³/mol. The van der Waals surface area contributed by atoms with Crippen molar-refractivity contribution in [3.63, 3.8) is 0 Å². The normalized spacial score (nSPS) is 16.2. The third-order valence-electron chi connectivity index (χ3n) is 7.78. The van der Waals surface area contributed by atoms with Crippen LogP contribution in [0.1, 0.15) is 32.6 Å². The first-order valence-electron chi connectivity index (χ1n) is 13.6. The molecule has 2 aliphatic heterocycles. The molecule has 2 aliphatic rings. The number of piperazine rings is 1. The summed E-state index contributed by atoms with van der Waals surface area (Å²) in [4.78, 5) is 43.4. The zero-order valence-electron chi connectivity index (χ0n) is 23.2. The van der Waals surface area contributed by atoms with Gasteiger partial charge in [-0.1, -0.05) is 6.07 Å². The van der Waals surface area contributed by atoms with Gasteiger partial charge < -0.3 is 20.2 Å². The molecule has 0 spiro atoms. The van der Waals surface area contributed by atoms with Gasteiger partial charge in [-0.15, -0.1) is 0 Å². The average molecular weight is 557 g/mol. The van der Waals surface area contributed by atoms with Gasteiger partial charge in [-0.2, -0.15) is 0 Å². The van der Waals surface area contributed by atoms with Gasteiger partial charge in [-0.25, -0.2) is 9.18 Å². The Morgan fingerprint density at radius 1 is 0.951 bits per heavy atom. The van der Waals surface area contributed by atoms with Gasteiger partial charge in [0, 0.05) is 49.7 Å². The van der Waals surface area contributed by atoms with Crippen molar-refractivity contribution in [2.75, 3.05) is 56.5 Å². The molecule has 2 N–H and O–H groups in total. The van der Waals surface area contributed by atoms with Crippen LogP contribution in [0.25, 0.3) is 11.3 Å². The highest BCUT2D eigenvalue weighted by molar-refractivity contribution is 6.19. The number of fused-ring (bicyclic) bond motifs is 1. The summed E-state index contributed by atoms with van der Waals surface area (Å²) in [5.41, 5.74) is 5.32. The third kappa shape index (κ3) is 6.21. The van der Waals surface area contributed by atoms with Crippen LogP contribution in [0.4, 0.5) is 15.8 Å². The number of aldehydes is 1. The van der Waals surface area contributed by atoms with Crippen LogP contribution in [-0.2, 0) is 16.0 Å². The van der Waals surface area contributed by atoms with Gasteiger partial charge in [0.05, 0.1) is 17.8 Å². The monoisotopic (exact) mass is 556 g/mol. The molecule has 0 aromatic heterocycles. The standard InChI is InChI=1S/C32H33FN4O4/c1-21-17-24(32(40)41)5-9-27(21)28(20-38)31(22-3-6-25(33)7-4-22)34-26-8-10-29-23(18-26)11-12-37(29)30(39)19-36-15-13-35(2)14-16-36/h3-10,17-18,20,34H,11-16,19H2,1-2H3,(H,40,41)/b31-28+. The fourth-order valence-corrected chi connectivity index (χ4v) is 5.43. The molecular weight excluding hydrogens is 523 g/mol. The van der Waals surface area contributed by atoms with Gasteiger partial charge in [-0.3, -0.25) is 14.5 Å². The summed E-state index contributed by atoms with van der Waals surface area (Å²) in [5, 5.41) is 12.7. The third-order valence-corrected chi connectivity index (χ3v) is 7.78. The van der Waals surface area contributed by atoms with Crippen LogP contribution in [0.2, 0.25) is 0 Å². The Balaban J connectivity index is 1.45. The van der Waals surface area contributed by atoms with Gasteiger partial charge in [0.25, 0.3) is 0 Å². The molecule has 9 heteroatoms. The number of benzene rings is 3. The van der Waals surface area contributed by atoms with Crippen LogP contribution in [0.5, 0.6) is 0 Å². The molecule has 1 fully saturated rings. The summed E-state index contributed by atoms with van der Waals surface area (Å²) in [6.07, 6.45) is 1.44. The number of carbonyl (C=O) groups is 3. The molecule has 1 saturated heterocycles. The highest BCUT2D eigenvalue weighted by atomic mass is 19.1. The number of aromatic carboxylic acids is 1. The van der Waals surface area contributed by atoms with E-state index in [1.165, 1.54) is 24.3 Å². The zero-order valence-corrected chi connectivity index (χ0v) is 23.2. The Labute approximate surface area is 238 Å². The highest BCUT2D eigenvalue weighted by Crippen LogP contribution is 2.34. The van der Waals surface area contributed by atoms with Gasteiger partial charge in [0.1, 0.15) is 5.82 Å². The Bertz CT molecular complexity index is 1510. The molecule has 0 saturated carbocycles. The van der Waals surface area contributed by atoms with Crippen molar-refractivity contribution in [3.05, 3.63) is 94.3 Å². The van der Waals surface area contributed by atoms with E-state index in [1.54, 1.807) is 25.1 Å². The summed E-state index contributed by atoms with van der Waals surface area (Å²) in [5.74, 6) is -1.37. The van der Waals surface area contributed by atoms with Crippen molar-refractivity contribution in [3.8, 4) is 0 Å². The molecule has 212 valence electrons. The van der Waals surface area contributed by atoms with E-state index in [2.05, 4.69) is 22.2 Å². The number of nitrogens with one attached hydrogen (secondary N) is 1. The van der Waals surface area contributed by atoms with E-state index >= 15 is 0 Å². The molecule has 1 amide bonds. The maximum Gasteiger partial charge on any atom is 0.335 e. The molecule has 8 nitrogen and oxygen atoms in total. The average Bonchev–Trinajstić information content (AvgIpc) is 3.39. The Hall–Kier alpha value is -4.34. The first-order valence-corrected chi connectivity index (χ1v) is 13.6. The van der Waals surface area contributed by atoms with E-state index in [-0.39, 0.29) is 11.5 Å². The lowest BCUT2D eigenvalue weighted by Gasteiger charge is -2.32. The number of halogens is 1. The van der Waals surface area contributed by atoms with Crippen molar-refractivity contribution in [2.45, 2.75) is 13.3 Å². The number of aryl methyl sites for hydroxylation is 1. The number of likely N-dealkylation sites (N-methyl/N-ethyl adjacent to an activating group) is 1. The molecule has 0 bridgehead atoms. The number of carbonyl (C=O) groups excluding carboxylic acids is 2. The molecule has 2 heterocycles. The van der Waals surface area contributed by atoms with E-state index in [4.69, 9.17) is 0 Å². The summed E-state index contributed by atoms with van der Waals surface area (Å²) >= 11 is 0. The van der Waals surface area contributed by atoms with Crippen LogP contribution in [0.15, 0.2) is 60.7 Å². The van der Waals surface area contributed by atoms with Gasteiger partial charge in [0.15, 0.2) is 6.29 Å². The first kappa shape index (κ1) is 28.2. The summed E-state index contributed by atoms with van der Waals surface area (Å²) in [7, 11) is 2.09. The zero-order chi connectivity index (χ0) is 29.1. The fourth-order valence-electron chi connectivity index (χ4n) is 5.43. The molecule has 0 atom stereocenters. The molecule has 41 heavy (non-hydrogen) atoms. The highest BCUT2D eigenvalue weighted by Gasteiger charge is 2.27. The maximum atomic E-state index is 13.8. The largest absolute Gasteiger partial charge is 0.478 e. The second-order valence-electron chi connectivity index (χ2n) is 10.6. The number of amides is 1. The van der Waals surface area contributed by atoms with Gasteiger partial charge in [0.2, 0.25) is 5.91 Å². The number of nitrogens with zero attached hydrogens (tertiary/aromatic N) is 3. The number of carboxylic acids is 1. The van der Waals surface area contributed by atoms with Crippen molar-refractivity contribution in [2.24, 2.45) is 0 Å². The fraction of sp³-hybridized carbons (Fsp3) is 0.281. The van der Waals surface area contributed by atoms with E-state index in [0.29, 0.717) is 47.5 Å². The topological polar surface area (TPSA) is 93.2 Å². The predicted octanol–water partition coefficient (Wildman–Crippen LogP) is 4.15. The van der Waals surface area contributed by atoms with E-state index in [9.17, 15) is 23.9 Å². The number of allylic oxidation sites excluding steroid dienone is 1. The number of anilines is 2. The quantitative estimate of drug-likeness (QED) is 0.245. The smallest absolute Gasteiger partial charge is 0.335 e. The van der Waals surface area contributed by atoms with E-state index in [0.717, 1.165) is 49.4 Å². The molecule has 3 aromatic carbocycles. The maximum absolute atomic E-state index is 13.8. The van der Waals surface area contributed by atoms with Crippen LogP contribution in [-0.4, -0.2) is 79.4 Å². The number of rotatable bonds is 8. The molecule has 0 aliphatic carbocycles. The Morgan fingerprint density at radius 2 is 1.66 bits per heavy atom. The van der Waals surface area contributed by atoms with Crippen molar-refractivity contribution >= 4 is 40.8 Å². The lowest BCUT2D eigenvalue weighted by Crippen LogP contribution is -2.48. The molecule has 5 rings (SSSR count). The summed E-state index contributed by atoms with van der Waals surface area (Å²) < 4.78 is 13.8. The first-order chi connectivity index (χ1) is 19.7. The lowest BCUT2D eigenvalue weighted by molar-refractivity contribution is -0.120. The SMILES string of the molecule is Cc1cc(C(=O)O)ccc1/C(C=O)=C(/Nc1ccc2c(c1)CCN2C(=O)CN1CCN(C)CC1)c1ccc(F)cc1. The molecule has 3 aromatic rings. The number of hydrogen-bond donors (Lipinski definition) is 2. The second kappa shape index (κ2) is 12.0. The molecule has 0 radical (unpaired) electrons. The Kier molecular flexibility index (Phi) is 8.28. The molecule has 0 unspecified atom stereocenters. The Morgan fingerprint density at radius 3 is 2.32 bits per heavy atom.